The topological polar surface area (TPSA) is 63.7 Å². The van der Waals surface area contributed by atoms with E-state index in [1.807, 2.05) is 0 Å². The number of esters is 1. The van der Waals surface area contributed by atoms with Gasteiger partial charge in [0.1, 0.15) is 12.0 Å². The molecule has 0 aromatic heterocycles. The molecule has 0 aliphatic heterocycles. The van der Waals surface area contributed by atoms with Crippen LogP contribution in [0.1, 0.15) is 13.8 Å². The molecule has 0 fully saturated rings. The Hall–Kier alpha value is -2.40. The van der Waals surface area contributed by atoms with E-state index in [9.17, 15) is 14.4 Å². The summed E-state index contributed by atoms with van der Waals surface area (Å²) in [4.78, 5) is 34.4. The average molecular weight is 308 g/mol. The van der Waals surface area contributed by atoms with Crippen LogP contribution in [0.2, 0.25) is 5.02 Å². The van der Waals surface area contributed by atoms with Gasteiger partial charge < -0.3 is 4.74 Å². The van der Waals surface area contributed by atoms with Crippen LogP contribution in [0.4, 0.5) is 5.69 Å². The molecule has 0 saturated heterocycles. The Morgan fingerprint density at radius 3 is 2.29 bits per heavy atom. The second-order valence-electron chi connectivity index (χ2n) is 3.99. The van der Waals surface area contributed by atoms with E-state index in [1.165, 1.54) is 31.0 Å². The average Bonchev–Trinajstić information content (AvgIpc) is 2.42. The molecule has 0 heterocycles. The number of ether oxygens (including phenoxy) is 1. The van der Waals surface area contributed by atoms with Crippen LogP contribution in [0.5, 0.6) is 0 Å². The van der Waals surface area contributed by atoms with E-state index in [4.69, 9.17) is 16.3 Å². The zero-order valence-electron chi connectivity index (χ0n) is 11.6. The smallest absolute Gasteiger partial charge is 0.308 e. The van der Waals surface area contributed by atoms with E-state index in [0.717, 1.165) is 6.08 Å². The highest BCUT2D eigenvalue weighted by Crippen LogP contribution is 2.20. The third-order valence-corrected chi connectivity index (χ3v) is 2.55. The van der Waals surface area contributed by atoms with Crippen LogP contribution in [-0.4, -0.2) is 18.2 Å². The molecule has 1 aromatic rings. The number of nitrogens with zero attached hydrogens (tertiary/aromatic N) is 1. The maximum Gasteiger partial charge on any atom is 0.308 e. The summed E-state index contributed by atoms with van der Waals surface area (Å²) in [5.41, 5.74) is 0.552. The standard InChI is InChI=1S/C15H14ClNO4/c1-11(19)17(14-7-5-13(16)6-8-14)10-15(4-3-9-18)21-12(2)20/h3-10H,1-2H3. The lowest BCUT2D eigenvalue weighted by Gasteiger charge is -2.17. The zero-order chi connectivity index (χ0) is 15.8. The van der Waals surface area contributed by atoms with Crippen LogP contribution < -0.4 is 4.90 Å². The molecule has 0 spiro atoms. The molecule has 1 amide bonds. The van der Waals surface area contributed by atoms with Crippen LogP contribution in [0, 0.1) is 0 Å². The number of hydrogen-bond donors (Lipinski definition) is 0. The predicted molar refractivity (Wildman–Crippen MR) is 79.7 cm³/mol. The molecule has 1 rings (SSSR count). The summed E-state index contributed by atoms with van der Waals surface area (Å²) in [5.74, 6) is -0.780. The van der Waals surface area contributed by atoms with Gasteiger partial charge in [0.05, 0.1) is 6.20 Å². The maximum atomic E-state index is 11.7. The van der Waals surface area contributed by atoms with Crippen molar-refractivity contribution in [1.82, 2.24) is 0 Å². The highest BCUT2D eigenvalue weighted by atomic mass is 35.5. The van der Waals surface area contributed by atoms with Crippen molar-refractivity contribution in [3.05, 3.63) is 53.4 Å². The van der Waals surface area contributed by atoms with E-state index in [0.29, 0.717) is 17.0 Å². The second kappa shape index (κ2) is 8.01. The fraction of sp³-hybridized carbons (Fsp3) is 0.133. The minimum absolute atomic E-state index is 0.0692. The number of aldehydes is 1. The van der Waals surface area contributed by atoms with Gasteiger partial charge in [0, 0.05) is 24.6 Å². The summed E-state index contributed by atoms with van der Waals surface area (Å²) in [6.07, 6.45) is 4.32. The number of amides is 1. The minimum Gasteiger partial charge on any atom is -0.425 e. The number of carbonyl (C=O) groups excluding carboxylic acids is 3. The van der Waals surface area contributed by atoms with E-state index >= 15 is 0 Å². The van der Waals surface area contributed by atoms with E-state index in [1.54, 1.807) is 24.3 Å². The van der Waals surface area contributed by atoms with Gasteiger partial charge in [-0.15, -0.1) is 0 Å². The Morgan fingerprint density at radius 2 is 1.81 bits per heavy atom. The summed E-state index contributed by atoms with van der Waals surface area (Å²) in [6.45, 7) is 2.59. The largest absolute Gasteiger partial charge is 0.425 e. The third-order valence-electron chi connectivity index (χ3n) is 2.30. The fourth-order valence-electron chi connectivity index (χ4n) is 1.48. The molecule has 0 atom stereocenters. The van der Waals surface area contributed by atoms with Crippen LogP contribution in [0.15, 0.2) is 48.4 Å². The fourth-order valence-corrected chi connectivity index (χ4v) is 1.61. The Kier molecular flexibility index (Phi) is 6.36. The molecule has 1 aromatic carbocycles. The SMILES string of the molecule is CC(=O)OC(C=CC=O)=CN(C(C)=O)c1ccc(Cl)cc1. The molecule has 6 heteroatoms. The first-order valence-electron chi connectivity index (χ1n) is 6.01. The molecule has 0 N–H and O–H groups in total. The number of rotatable bonds is 5. The Labute approximate surface area is 127 Å². The lowest BCUT2D eigenvalue weighted by atomic mass is 10.3. The molecule has 0 bridgehead atoms. The second-order valence-corrected chi connectivity index (χ2v) is 4.42. The molecule has 0 aliphatic rings. The van der Waals surface area contributed by atoms with E-state index < -0.39 is 5.97 Å². The number of benzene rings is 1. The van der Waals surface area contributed by atoms with Gasteiger partial charge in [0.25, 0.3) is 0 Å². The van der Waals surface area contributed by atoms with Crippen LogP contribution in [0.25, 0.3) is 0 Å². The predicted octanol–water partition coefficient (Wildman–Crippen LogP) is 2.85. The van der Waals surface area contributed by atoms with Crippen molar-refractivity contribution < 1.29 is 19.1 Å². The molecule has 5 nitrogen and oxygen atoms in total. The number of allylic oxidation sites excluding steroid dienone is 2. The minimum atomic E-state index is -0.559. The molecule has 0 saturated carbocycles. The monoisotopic (exact) mass is 307 g/mol. The van der Waals surface area contributed by atoms with E-state index in [2.05, 4.69) is 0 Å². The highest BCUT2D eigenvalue weighted by Gasteiger charge is 2.11. The van der Waals surface area contributed by atoms with Gasteiger partial charge in [0.2, 0.25) is 5.91 Å². The first-order valence-corrected chi connectivity index (χ1v) is 6.39. The van der Waals surface area contributed by atoms with Gasteiger partial charge in [0.15, 0.2) is 0 Å². The van der Waals surface area contributed by atoms with Gasteiger partial charge in [-0.2, -0.15) is 0 Å². The van der Waals surface area contributed by atoms with Crippen LogP contribution in [-0.2, 0) is 19.1 Å². The quantitative estimate of drug-likeness (QED) is 0.276. The lowest BCUT2D eigenvalue weighted by Crippen LogP contribution is -2.23. The molecule has 21 heavy (non-hydrogen) atoms. The summed E-state index contributed by atoms with van der Waals surface area (Å²) in [6, 6.07) is 6.56. The van der Waals surface area contributed by atoms with Gasteiger partial charge in [-0.05, 0) is 36.4 Å². The van der Waals surface area contributed by atoms with Crippen molar-refractivity contribution in [2.45, 2.75) is 13.8 Å². The molecular formula is C15H14ClNO4. The number of carbonyl (C=O) groups is 3. The van der Waals surface area contributed by atoms with Crippen molar-refractivity contribution >= 4 is 35.5 Å². The Morgan fingerprint density at radius 1 is 1.19 bits per heavy atom. The van der Waals surface area contributed by atoms with Gasteiger partial charge in [-0.25, -0.2) is 0 Å². The van der Waals surface area contributed by atoms with Crippen molar-refractivity contribution in [3.63, 3.8) is 0 Å². The van der Waals surface area contributed by atoms with Crippen LogP contribution >= 0.6 is 11.6 Å². The molecular weight excluding hydrogens is 294 g/mol. The van der Waals surface area contributed by atoms with Crippen molar-refractivity contribution in [3.8, 4) is 0 Å². The molecule has 0 radical (unpaired) electrons. The Balaban J connectivity index is 3.17. The van der Waals surface area contributed by atoms with Crippen molar-refractivity contribution in [2.75, 3.05) is 4.90 Å². The summed E-state index contributed by atoms with van der Waals surface area (Å²) in [5, 5.41) is 0.535. The van der Waals surface area contributed by atoms with Gasteiger partial charge >= 0.3 is 5.97 Å². The number of hydrogen-bond acceptors (Lipinski definition) is 4. The summed E-state index contributed by atoms with van der Waals surface area (Å²) >= 11 is 5.80. The van der Waals surface area contributed by atoms with E-state index in [-0.39, 0.29) is 11.7 Å². The zero-order valence-corrected chi connectivity index (χ0v) is 12.3. The number of anilines is 1. The summed E-state index contributed by atoms with van der Waals surface area (Å²) in [7, 11) is 0. The first-order chi connectivity index (χ1) is 9.93. The first kappa shape index (κ1) is 16.7. The van der Waals surface area contributed by atoms with Crippen molar-refractivity contribution in [1.29, 1.82) is 0 Å². The van der Waals surface area contributed by atoms with Crippen LogP contribution in [0.3, 0.4) is 0 Å². The Bertz CT molecular complexity index is 590. The number of halogens is 1. The lowest BCUT2D eigenvalue weighted by molar-refractivity contribution is -0.136. The van der Waals surface area contributed by atoms with Crippen molar-refractivity contribution in [2.24, 2.45) is 0 Å². The maximum absolute atomic E-state index is 11.7. The molecule has 0 aliphatic carbocycles. The highest BCUT2D eigenvalue weighted by molar-refractivity contribution is 6.30. The molecule has 0 unspecified atom stereocenters. The van der Waals surface area contributed by atoms with Gasteiger partial charge in [-0.1, -0.05) is 11.6 Å². The third kappa shape index (κ3) is 5.62. The normalized spacial score (nSPS) is 11.3. The van der Waals surface area contributed by atoms with Gasteiger partial charge in [-0.3, -0.25) is 19.3 Å². The molecule has 110 valence electrons. The summed E-state index contributed by atoms with van der Waals surface area (Å²) < 4.78 is 4.93.